The number of hydrogen-bond acceptors (Lipinski definition) is 3. The normalized spacial score (nSPS) is 14.1. The molecule has 1 aromatic carbocycles. The first kappa shape index (κ1) is 22.4. The van der Waals surface area contributed by atoms with Gasteiger partial charge < -0.3 is 10.6 Å². The van der Waals surface area contributed by atoms with E-state index in [0.717, 1.165) is 12.0 Å². The molecule has 0 saturated carbocycles. The lowest BCUT2D eigenvalue weighted by Gasteiger charge is -2.24. The molecule has 0 spiro atoms. The molecular formula is C19H33N3O3S. The minimum Gasteiger partial charge on any atom is -0.337 e. The fourth-order valence-electron chi connectivity index (χ4n) is 2.58. The van der Waals surface area contributed by atoms with Crippen molar-refractivity contribution in [2.75, 3.05) is 18.8 Å². The molecule has 2 amide bonds. The average Bonchev–Trinajstić information content (AvgIpc) is 2.62. The van der Waals surface area contributed by atoms with Crippen LogP contribution in [0, 0.1) is 5.92 Å². The molecule has 0 aliphatic carbocycles. The van der Waals surface area contributed by atoms with E-state index in [-0.39, 0.29) is 36.8 Å². The third kappa shape index (κ3) is 7.33. The van der Waals surface area contributed by atoms with Gasteiger partial charge in [-0.3, -0.25) is 0 Å². The molecule has 0 bridgehead atoms. The number of benzene rings is 1. The first-order valence-electron chi connectivity index (χ1n) is 9.31. The van der Waals surface area contributed by atoms with Crippen LogP contribution in [0.15, 0.2) is 24.3 Å². The molecule has 3 N–H and O–H groups in total. The second-order valence-corrected chi connectivity index (χ2v) is 8.99. The van der Waals surface area contributed by atoms with Crippen LogP contribution in [0.4, 0.5) is 4.79 Å². The van der Waals surface area contributed by atoms with Crippen LogP contribution in [0.2, 0.25) is 0 Å². The summed E-state index contributed by atoms with van der Waals surface area (Å²) in [6.07, 6.45) is 1.09. The van der Waals surface area contributed by atoms with E-state index in [1.807, 2.05) is 0 Å². The lowest BCUT2D eigenvalue weighted by atomic mass is 9.92. The van der Waals surface area contributed by atoms with E-state index in [1.165, 1.54) is 5.56 Å². The lowest BCUT2D eigenvalue weighted by molar-refractivity contribution is 0.233. The molecule has 26 heavy (non-hydrogen) atoms. The number of nitrogens with one attached hydrogen (secondary N) is 3. The first-order chi connectivity index (χ1) is 12.2. The molecule has 0 heterocycles. The molecule has 1 aromatic rings. The smallest absolute Gasteiger partial charge is 0.315 e. The molecule has 0 aliphatic rings. The molecule has 1 rings (SSSR count). The van der Waals surface area contributed by atoms with Gasteiger partial charge in [0.1, 0.15) is 0 Å². The van der Waals surface area contributed by atoms with E-state index >= 15 is 0 Å². The standard InChI is InChI=1S/C19H33N3O3S/c1-6-15(5)16-8-10-17(11-9-16)18(14(3)4)22-19(23)20-12-13-21-26(24,25)7-2/h8-11,14-15,18,21H,6-7,12-13H2,1-5H3,(H2,20,22,23). The Morgan fingerprint density at radius 1 is 1.00 bits per heavy atom. The van der Waals surface area contributed by atoms with E-state index in [4.69, 9.17) is 0 Å². The molecule has 148 valence electrons. The summed E-state index contributed by atoms with van der Waals surface area (Å²) >= 11 is 0. The zero-order valence-electron chi connectivity index (χ0n) is 16.5. The molecule has 7 heteroatoms. The van der Waals surface area contributed by atoms with Crippen LogP contribution < -0.4 is 15.4 Å². The summed E-state index contributed by atoms with van der Waals surface area (Å²) in [6, 6.07) is 7.98. The Kier molecular flexibility index (Phi) is 9.08. The Labute approximate surface area is 158 Å². The van der Waals surface area contributed by atoms with Crippen LogP contribution in [0.5, 0.6) is 0 Å². The van der Waals surface area contributed by atoms with E-state index in [2.05, 4.69) is 67.3 Å². The number of carbonyl (C=O) groups is 1. The Bertz CT molecular complexity index is 657. The lowest BCUT2D eigenvalue weighted by Crippen LogP contribution is -2.43. The number of sulfonamides is 1. The second kappa shape index (κ2) is 10.5. The van der Waals surface area contributed by atoms with Gasteiger partial charge in [-0.1, -0.05) is 52.0 Å². The van der Waals surface area contributed by atoms with Crippen molar-refractivity contribution in [1.29, 1.82) is 0 Å². The maximum Gasteiger partial charge on any atom is 0.315 e. The van der Waals surface area contributed by atoms with E-state index in [0.29, 0.717) is 5.92 Å². The van der Waals surface area contributed by atoms with Crippen LogP contribution in [0.3, 0.4) is 0 Å². The molecule has 6 nitrogen and oxygen atoms in total. The summed E-state index contributed by atoms with van der Waals surface area (Å²) in [5.41, 5.74) is 2.36. The number of hydrogen-bond donors (Lipinski definition) is 3. The Morgan fingerprint density at radius 3 is 2.08 bits per heavy atom. The zero-order valence-corrected chi connectivity index (χ0v) is 17.3. The van der Waals surface area contributed by atoms with Gasteiger partial charge in [0, 0.05) is 13.1 Å². The van der Waals surface area contributed by atoms with Gasteiger partial charge in [-0.2, -0.15) is 0 Å². The number of rotatable bonds is 10. The van der Waals surface area contributed by atoms with Crippen molar-refractivity contribution in [2.45, 2.75) is 53.0 Å². The van der Waals surface area contributed by atoms with Gasteiger partial charge in [0.15, 0.2) is 0 Å². The third-order valence-electron chi connectivity index (χ3n) is 4.54. The minimum absolute atomic E-state index is 0.0290. The minimum atomic E-state index is -3.23. The zero-order chi connectivity index (χ0) is 19.7. The summed E-state index contributed by atoms with van der Waals surface area (Å²) in [6.45, 7) is 10.5. The fraction of sp³-hybridized carbons (Fsp3) is 0.632. The highest BCUT2D eigenvalue weighted by Crippen LogP contribution is 2.25. The molecular weight excluding hydrogens is 350 g/mol. The SMILES string of the molecule is CCC(C)c1ccc(C(NC(=O)NCCNS(=O)(=O)CC)C(C)C)cc1. The predicted molar refractivity (Wildman–Crippen MR) is 107 cm³/mol. The van der Waals surface area contributed by atoms with Crippen molar-refractivity contribution in [2.24, 2.45) is 5.92 Å². The summed E-state index contributed by atoms with van der Waals surface area (Å²) in [7, 11) is -3.23. The molecule has 0 fully saturated rings. The fourth-order valence-corrected chi connectivity index (χ4v) is 3.20. The second-order valence-electron chi connectivity index (χ2n) is 6.90. The van der Waals surface area contributed by atoms with Crippen LogP contribution >= 0.6 is 0 Å². The number of amides is 2. The van der Waals surface area contributed by atoms with Crippen molar-refractivity contribution in [3.63, 3.8) is 0 Å². The average molecular weight is 384 g/mol. The highest BCUT2D eigenvalue weighted by atomic mass is 32.2. The van der Waals surface area contributed by atoms with E-state index in [1.54, 1.807) is 6.92 Å². The van der Waals surface area contributed by atoms with Gasteiger partial charge in [-0.05, 0) is 36.3 Å². The predicted octanol–water partition coefficient (Wildman–Crippen LogP) is 3.14. The van der Waals surface area contributed by atoms with Gasteiger partial charge in [-0.25, -0.2) is 17.9 Å². The topological polar surface area (TPSA) is 87.3 Å². The monoisotopic (exact) mass is 383 g/mol. The maximum atomic E-state index is 12.1. The van der Waals surface area contributed by atoms with Crippen LogP contribution in [-0.2, 0) is 10.0 Å². The van der Waals surface area contributed by atoms with Crippen LogP contribution in [-0.4, -0.2) is 33.3 Å². The van der Waals surface area contributed by atoms with Gasteiger partial charge in [0.25, 0.3) is 0 Å². The van der Waals surface area contributed by atoms with Gasteiger partial charge >= 0.3 is 6.03 Å². The van der Waals surface area contributed by atoms with Gasteiger partial charge in [0.05, 0.1) is 11.8 Å². The maximum absolute atomic E-state index is 12.1. The first-order valence-corrected chi connectivity index (χ1v) is 11.0. The molecule has 0 saturated heterocycles. The van der Waals surface area contributed by atoms with E-state index in [9.17, 15) is 13.2 Å². The highest BCUT2D eigenvalue weighted by molar-refractivity contribution is 7.89. The molecule has 0 aromatic heterocycles. The number of urea groups is 1. The van der Waals surface area contributed by atoms with Gasteiger partial charge in [-0.15, -0.1) is 0 Å². The molecule has 2 unspecified atom stereocenters. The molecule has 2 atom stereocenters. The largest absolute Gasteiger partial charge is 0.337 e. The van der Waals surface area contributed by atoms with Crippen molar-refractivity contribution in [1.82, 2.24) is 15.4 Å². The van der Waals surface area contributed by atoms with Crippen molar-refractivity contribution < 1.29 is 13.2 Å². The quantitative estimate of drug-likeness (QED) is 0.543. The van der Waals surface area contributed by atoms with E-state index < -0.39 is 10.0 Å². The molecule has 0 aliphatic heterocycles. The Balaban J connectivity index is 2.61. The van der Waals surface area contributed by atoms with Crippen molar-refractivity contribution >= 4 is 16.1 Å². The molecule has 0 radical (unpaired) electrons. The third-order valence-corrected chi connectivity index (χ3v) is 5.95. The highest BCUT2D eigenvalue weighted by Gasteiger charge is 2.18. The van der Waals surface area contributed by atoms with Crippen LogP contribution in [0.1, 0.15) is 64.1 Å². The summed E-state index contributed by atoms with van der Waals surface area (Å²) in [5.74, 6) is 0.778. The summed E-state index contributed by atoms with van der Waals surface area (Å²) in [4.78, 5) is 12.1. The number of carbonyl (C=O) groups excluding carboxylic acids is 1. The summed E-state index contributed by atoms with van der Waals surface area (Å²) in [5, 5.41) is 5.68. The van der Waals surface area contributed by atoms with Crippen molar-refractivity contribution in [3.05, 3.63) is 35.4 Å². The Hall–Kier alpha value is -1.60. The van der Waals surface area contributed by atoms with Crippen LogP contribution in [0.25, 0.3) is 0 Å². The van der Waals surface area contributed by atoms with Gasteiger partial charge in [0.2, 0.25) is 10.0 Å². The Morgan fingerprint density at radius 2 is 1.58 bits per heavy atom. The van der Waals surface area contributed by atoms with Crippen molar-refractivity contribution in [3.8, 4) is 0 Å². The summed E-state index contributed by atoms with van der Waals surface area (Å²) < 4.78 is 25.1.